The van der Waals surface area contributed by atoms with Crippen molar-refractivity contribution in [2.45, 2.75) is 84.0 Å². The molecule has 0 atom stereocenters. The van der Waals surface area contributed by atoms with Gasteiger partial charge >= 0.3 is 0 Å². The van der Waals surface area contributed by atoms with Crippen molar-refractivity contribution >= 4 is 11.9 Å². The van der Waals surface area contributed by atoms with Crippen molar-refractivity contribution in [2.24, 2.45) is 4.99 Å². The van der Waals surface area contributed by atoms with Gasteiger partial charge in [0.25, 0.3) is 0 Å². The molecule has 6 rings (SSSR count). The molecule has 6 aromatic rings. The fourth-order valence-corrected chi connectivity index (χ4v) is 6.98. The molecule has 4 heteroatoms. The standard InChI is InChI=1S/C51H52N2O2/c1-48(2,3)38-15-21-41(22-16-38)51(42-23-17-39(18-24-42)49(4,5)6,43-25-19-40(20-26-43)50(7,8)9)44-27-29-47(55)45(32-44)53-34-37-31-35(14-28-46(37)54)12-13-36-11-10-30-52-33-36/h10-11,14-34,54-55H,1-9H3. The molecule has 0 saturated heterocycles. The molecule has 0 aliphatic carbocycles. The second kappa shape index (κ2) is 15.1. The summed E-state index contributed by atoms with van der Waals surface area (Å²) in [5.41, 5.74) is 9.58. The van der Waals surface area contributed by atoms with Crippen LogP contribution in [0.2, 0.25) is 0 Å². The summed E-state index contributed by atoms with van der Waals surface area (Å²) in [7, 11) is 0. The minimum absolute atomic E-state index is 0.0163. The van der Waals surface area contributed by atoms with Gasteiger partial charge in [-0.25, -0.2) is 0 Å². The van der Waals surface area contributed by atoms with E-state index in [2.05, 4.69) is 152 Å². The van der Waals surface area contributed by atoms with Gasteiger partial charge in [0.05, 0.1) is 5.41 Å². The van der Waals surface area contributed by atoms with Crippen molar-refractivity contribution in [1.29, 1.82) is 0 Å². The summed E-state index contributed by atoms with van der Waals surface area (Å²) < 4.78 is 0. The predicted molar refractivity (Wildman–Crippen MR) is 228 cm³/mol. The maximum absolute atomic E-state index is 11.3. The number of rotatable bonds is 6. The summed E-state index contributed by atoms with van der Waals surface area (Å²) in [6.45, 7) is 20.1. The van der Waals surface area contributed by atoms with Gasteiger partial charge in [0, 0.05) is 35.3 Å². The van der Waals surface area contributed by atoms with E-state index in [9.17, 15) is 10.2 Å². The topological polar surface area (TPSA) is 65.7 Å². The lowest BCUT2D eigenvalue weighted by Crippen LogP contribution is -2.31. The Morgan fingerprint density at radius 3 is 1.38 bits per heavy atom. The van der Waals surface area contributed by atoms with Crippen molar-refractivity contribution in [3.63, 3.8) is 0 Å². The molecule has 5 aromatic carbocycles. The fourth-order valence-electron chi connectivity index (χ4n) is 6.98. The lowest BCUT2D eigenvalue weighted by Gasteiger charge is -2.38. The number of benzene rings is 5. The molecular weight excluding hydrogens is 673 g/mol. The fraction of sp³-hybridized carbons (Fsp3) is 0.255. The highest BCUT2D eigenvalue weighted by molar-refractivity contribution is 5.86. The number of nitrogens with zero attached hydrogens (tertiary/aromatic N) is 2. The number of pyridine rings is 1. The van der Waals surface area contributed by atoms with Gasteiger partial charge in [0.2, 0.25) is 0 Å². The van der Waals surface area contributed by atoms with Gasteiger partial charge < -0.3 is 10.2 Å². The summed E-state index contributed by atoms with van der Waals surface area (Å²) in [5.74, 6) is 6.37. The zero-order chi connectivity index (χ0) is 39.6. The third kappa shape index (κ3) is 8.43. The summed E-state index contributed by atoms with van der Waals surface area (Å²) >= 11 is 0. The summed E-state index contributed by atoms with van der Waals surface area (Å²) in [4.78, 5) is 8.93. The molecule has 1 aromatic heterocycles. The quantitative estimate of drug-likeness (QED) is 0.102. The second-order valence-corrected chi connectivity index (χ2v) is 17.5. The molecule has 0 fully saturated rings. The molecule has 0 spiro atoms. The summed E-state index contributed by atoms with van der Waals surface area (Å²) in [6, 6.07) is 41.6. The van der Waals surface area contributed by atoms with Gasteiger partial charge in [-0.05, 0) is 97.7 Å². The van der Waals surface area contributed by atoms with Crippen LogP contribution in [0.25, 0.3) is 0 Å². The molecule has 1 heterocycles. The maximum atomic E-state index is 11.3. The third-order valence-electron chi connectivity index (χ3n) is 10.3. The first-order chi connectivity index (χ1) is 26.0. The highest BCUT2D eigenvalue weighted by atomic mass is 16.3. The maximum Gasteiger partial charge on any atom is 0.141 e. The molecule has 2 N–H and O–H groups in total. The number of hydrogen-bond acceptors (Lipinski definition) is 4. The van der Waals surface area contributed by atoms with Crippen LogP contribution in [-0.4, -0.2) is 21.4 Å². The molecule has 0 saturated carbocycles. The van der Waals surface area contributed by atoms with E-state index in [-0.39, 0.29) is 27.7 Å². The van der Waals surface area contributed by atoms with E-state index in [1.807, 2.05) is 24.3 Å². The molecule has 4 nitrogen and oxygen atoms in total. The zero-order valence-electron chi connectivity index (χ0n) is 33.6. The van der Waals surface area contributed by atoms with Gasteiger partial charge in [0.1, 0.15) is 17.2 Å². The molecule has 0 radical (unpaired) electrons. The lowest BCUT2D eigenvalue weighted by atomic mass is 9.64. The lowest BCUT2D eigenvalue weighted by molar-refractivity contribution is 0.473. The van der Waals surface area contributed by atoms with Crippen molar-refractivity contribution in [3.05, 3.63) is 189 Å². The molecule has 0 aliphatic rings. The van der Waals surface area contributed by atoms with Crippen molar-refractivity contribution in [3.8, 4) is 23.3 Å². The van der Waals surface area contributed by atoms with Crippen molar-refractivity contribution < 1.29 is 10.2 Å². The molecule has 0 unspecified atom stereocenters. The number of aromatic hydroxyl groups is 2. The van der Waals surface area contributed by atoms with Gasteiger partial charge in [-0.15, -0.1) is 0 Å². The molecule has 55 heavy (non-hydrogen) atoms. The van der Waals surface area contributed by atoms with Crippen LogP contribution in [0.15, 0.2) is 139 Å². The van der Waals surface area contributed by atoms with E-state index in [1.54, 1.807) is 42.9 Å². The van der Waals surface area contributed by atoms with Gasteiger partial charge in [-0.1, -0.05) is 153 Å². The SMILES string of the molecule is CC(C)(C)c1ccc(C(c2ccc(C(C)(C)C)cc2)(c2ccc(C(C)(C)C)cc2)c2ccc(O)c(N=Cc3cc(C#Cc4cccnc4)ccc3O)c2)cc1. The Labute approximate surface area is 327 Å². The van der Waals surface area contributed by atoms with Crippen LogP contribution in [0, 0.1) is 11.8 Å². The van der Waals surface area contributed by atoms with E-state index in [1.165, 1.54) is 16.7 Å². The van der Waals surface area contributed by atoms with Gasteiger partial charge in [-0.3, -0.25) is 9.98 Å². The van der Waals surface area contributed by atoms with Crippen LogP contribution in [0.3, 0.4) is 0 Å². The van der Waals surface area contributed by atoms with E-state index >= 15 is 0 Å². The number of hydrogen-bond donors (Lipinski definition) is 2. The first kappa shape index (κ1) is 38.8. The third-order valence-corrected chi connectivity index (χ3v) is 10.3. The largest absolute Gasteiger partial charge is 0.507 e. The van der Waals surface area contributed by atoms with Crippen LogP contribution in [0.1, 0.15) is 118 Å². The van der Waals surface area contributed by atoms with Crippen LogP contribution < -0.4 is 0 Å². The van der Waals surface area contributed by atoms with E-state index in [0.29, 0.717) is 11.3 Å². The Kier molecular flexibility index (Phi) is 10.6. The zero-order valence-corrected chi connectivity index (χ0v) is 33.6. The molecule has 0 bridgehead atoms. The Morgan fingerprint density at radius 2 is 0.927 bits per heavy atom. The number of aliphatic imine (C=N–C) groups is 1. The summed E-state index contributed by atoms with van der Waals surface area (Å²) in [5, 5.41) is 22.1. The smallest absolute Gasteiger partial charge is 0.141 e. The first-order valence-electron chi connectivity index (χ1n) is 18.9. The number of phenols is 2. The Bertz CT molecular complexity index is 2220. The Balaban J connectivity index is 1.56. The number of phenolic OH excluding ortho intramolecular Hbond substituents is 2. The normalized spacial score (nSPS) is 12.4. The molecule has 0 amide bonds. The minimum Gasteiger partial charge on any atom is -0.507 e. The highest BCUT2D eigenvalue weighted by Crippen LogP contribution is 2.48. The highest BCUT2D eigenvalue weighted by Gasteiger charge is 2.39. The second-order valence-electron chi connectivity index (χ2n) is 17.5. The van der Waals surface area contributed by atoms with Crippen molar-refractivity contribution in [1.82, 2.24) is 4.98 Å². The molecule has 278 valence electrons. The molecule has 0 aliphatic heterocycles. The van der Waals surface area contributed by atoms with Crippen LogP contribution in [-0.2, 0) is 21.7 Å². The van der Waals surface area contributed by atoms with Crippen molar-refractivity contribution in [2.75, 3.05) is 0 Å². The van der Waals surface area contributed by atoms with Gasteiger partial charge in [0.15, 0.2) is 0 Å². The van der Waals surface area contributed by atoms with Gasteiger partial charge in [-0.2, -0.15) is 0 Å². The first-order valence-corrected chi connectivity index (χ1v) is 18.9. The molecular formula is C51H52N2O2. The predicted octanol–water partition coefficient (Wildman–Crippen LogP) is 11.9. The Hall–Kier alpha value is -5.92. The van der Waals surface area contributed by atoms with Crippen LogP contribution in [0.5, 0.6) is 11.5 Å². The van der Waals surface area contributed by atoms with E-state index in [4.69, 9.17) is 4.99 Å². The van der Waals surface area contributed by atoms with E-state index < -0.39 is 5.41 Å². The average Bonchev–Trinajstić information content (AvgIpc) is 3.15. The Morgan fingerprint density at radius 1 is 0.491 bits per heavy atom. The van der Waals surface area contributed by atoms with Crippen LogP contribution in [0.4, 0.5) is 5.69 Å². The summed E-state index contributed by atoms with van der Waals surface area (Å²) in [6.07, 6.45) is 5.00. The van der Waals surface area contributed by atoms with Crippen LogP contribution >= 0.6 is 0 Å². The monoisotopic (exact) mass is 724 g/mol. The number of aromatic nitrogens is 1. The average molecular weight is 725 g/mol. The van der Waals surface area contributed by atoms with E-state index in [0.717, 1.165) is 33.4 Å². The minimum atomic E-state index is -0.773.